The van der Waals surface area contributed by atoms with Crippen molar-refractivity contribution in [2.24, 2.45) is 0 Å². The number of amides is 1. The minimum Gasteiger partial charge on any atom is -0.354 e. The average Bonchev–Trinajstić information content (AvgIpc) is 3.09. The van der Waals surface area contributed by atoms with E-state index in [9.17, 15) is 14.4 Å². The van der Waals surface area contributed by atoms with Crippen molar-refractivity contribution >= 4 is 17.2 Å². The first-order valence-electron chi connectivity index (χ1n) is 7.95. The van der Waals surface area contributed by atoms with Crippen molar-refractivity contribution in [2.75, 3.05) is 6.54 Å². The van der Waals surface area contributed by atoms with Crippen LogP contribution in [0.2, 0.25) is 0 Å². The van der Waals surface area contributed by atoms with Gasteiger partial charge in [0.1, 0.15) is 11.6 Å². The summed E-state index contributed by atoms with van der Waals surface area (Å²) in [4.78, 5) is 45.7. The van der Waals surface area contributed by atoms with Gasteiger partial charge in [-0.25, -0.2) is 9.78 Å². The summed E-state index contributed by atoms with van der Waals surface area (Å²) in [5.41, 5.74) is 1.23. The predicted octanol–water partition coefficient (Wildman–Crippen LogP) is 0.722. The molecule has 8 nitrogen and oxygen atoms in total. The van der Waals surface area contributed by atoms with Crippen molar-refractivity contribution in [3.63, 3.8) is 0 Å². The summed E-state index contributed by atoms with van der Waals surface area (Å²) >= 11 is 1.54. The van der Waals surface area contributed by atoms with Gasteiger partial charge >= 0.3 is 5.69 Å². The normalized spacial score (nSPS) is 10.7. The molecule has 2 N–H and O–H groups in total. The van der Waals surface area contributed by atoms with Crippen LogP contribution in [-0.2, 0) is 17.8 Å². The van der Waals surface area contributed by atoms with Crippen LogP contribution in [0.1, 0.15) is 11.3 Å². The van der Waals surface area contributed by atoms with Crippen molar-refractivity contribution in [3.8, 4) is 10.6 Å². The van der Waals surface area contributed by atoms with Gasteiger partial charge in [0.25, 0.3) is 5.56 Å². The van der Waals surface area contributed by atoms with Crippen LogP contribution in [0.5, 0.6) is 0 Å². The van der Waals surface area contributed by atoms with E-state index in [2.05, 4.69) is 20.3 Å². The maximum Gasteiger partial charge on any atom is 0.328 e. The number of rotatable bonds is 6. The molecule has 0 atom stereocenters. The molecule has 3 rings (SSSR count). The standard InChI is InChI=1S/C17H17N5O3S/c1-11-8-22(17(25)21-15(11)24)9-14(23)19-7-4-13-10-26-16(20-13)12-2-5-18-6-3-12/h2-3,5-6,8,10H,4,7,9H2,1H3,(H,19,23)(H,21,24,25). The van der Waals surface area contributed by atoms with E-state index in [1.54, 1.807) is 19.3 Å². The van der Waals surface area contributed by atoms with Crippen molar-refractivity contribution in [2.45, 2.75) is 19.9 Å². The zero-order chi connectivity index (χ0) is 18.5. The van der Waals surface area contributed by atoms with E-state index < -0.39 is 11.2 Å². The number of hydrogen-bond acceptors (Lipinski definition) is 6. The Hall–Kier alpha value is -3.07. The number of aromatic nitrogens is 4. The molecule has 0 bridgehead atoms. The van der Waals surface area contributed by atoms with Gasteiger partial charge in [0.05, 0.1) is 5.69 Å². The number of aromatic amines is 1. The molecule has 0 aliphatic carbocycles. The Kier molecular flexibility index (Phi) is 5.37. The largest absolute Gasteiger partial charge is 0.354 e. The molecule has 134 valence electrons. The van der Waals surface area contributed by atoms with Gasteiger partial charge in [-0.3, -0.25) is 24.1 Å². The van der Waals surface area contributed by atoms with Crippen molar-refractivity contribution in [1.82, 2.24) is 24.8 Å². The highest BCUT2D eigenvalue weighted by molar-refractivity contribution is 7.13. The van der Waals surface area contributed by atoms with Crippen LogP contribution in [0, 0.1) is 6.92 Å². The van der Waals surface area contributed by atoms with Gasteiger partial charge in [-0.15, -0.1) is 11.3 Å². The first kappa shape index (κ1) is 17.7. The molecule has 0 aromatic carbocycles. The summed E-state index contributed by atoms with van der Waals surface area (Å²) in [6.45, 7) is 1.85. The molecule has 0 saturated carbocycles. The van der Waals surface area contributed by atoms with Crippen LogP contribution in [-0.4, -0.2) is 32.0 Å². The molecule has 3 aromatic rings. The minimum absolute atomic E-state index is 0.143. The van der Waals surface area contributed by atoms with Crippen molar-refractivity contribution in [3.05, 3.63) is 68.2 Å². The van der Waals surface area contributed by atoms with Gasteiger partial charge in [0.2, 0.25) is 5.91 Å². The highest BCUT2D eigenvalue weighted by Crippen LogP contribution is 2.22. The number of aryl methyl sites for hydroxylation is 1. The number of hydrogen-bond donors (Lipinski definition) is 2. The van der Waals surface area contributed by atoms with Gasteiger partial charge < -0.3 is 5.32 Å². The molecule has 0 saturated heterocycles. The average molecular weight is 371 g/mol. The molecule has 3 heterocycles. The minimum atomic E-state index is -0.600. The van der Waals surface area contributed by atoms with Gasteiger partial charge in [-0.1, -0.05) is 0 Å². The number of carbonyl (C=O) groups is 1. The Morgan fingerprint density at radius 3 is 2.85 bits per heavy atom. The van der Waals surface area contributed by atoms with Crippen molar-refractivity contribution < 1.29 is 4.79 Å². The number of carbonyl (C=O) groups excluding carboxylic acids is 1. The molecule has 0 fully saturated rings. The fraction of sp³-hybridized carbons (Fsp3) is 0.235. The Morgan fingerprint density at radius 2 is 2.08 bits per heavy atom. The molecule has 9 heteroatoms. The second-order valence-corrected chi connectivity index (χ2v) is 6.54. The highest BCUT2D eigenvalue weighted by Gasteiger charge is 2.08. The lowest BCUT2D eigenvalue weighted by Crippen LogP contribution is -2.37. The van der Waals surface area contributed by atoms with E-state index in [1.807, 2.05) is 17.5 Å². The van der Waals surface area contributed by atoms with E-state index in [-0.39, 0.29) is 12.5 Å². The second kappa shape index (κ2) is 7.87. The van der Waals surface area contributed by atoms with Crippen LogP contribution in [0.3, 0.4) is 0 Å². The SMILES string of the molecule is Cc1cn(CC(=O)NCCc2csc(-c3ccncc3)n2)c(=O)[nH]c1=O. The van der Waals surface area contributed by atoms with Crippen LogP contribution in [0.25, 0.3) is 10.6 Å². The Bertz CT molecular complexity index is 1020. The fourth-order valence-corrected chi connectivity index (χ4v) is 3.19. The molecule has 3 aromatic heterocycles. The monoisotopic (exact) mass is 371 g/mol. The zero-order valence-corrected chi connectivity index (χ0v) is 14.9. The zero-order valence-electron chi connectivity index (χ0n) is 14.1. The van der Waals surface area contributed by atoms with Gasteiger partial charge in [0, 0.05) is 48.1 Å². The van der Waals surface area contributed by atoms with E-state index in [1.165, 1.54) is 22.1 Å². The molecule has 0 unspecified atom stereocenters. The number of nitrogens with zero attached hydrogens (tertiary/aromatic N) is 3. The molecule has 1 amide bonds. The molecular weight excluding hydrogens is 354 g/mol. The van der Waals surface area contributed by atoms with Gasteiger partial charge in [0.15, 0.2) is 0 Å². The summed E-state index contributed by atoms with van der Waals surface area (Å²) in [5, 5.41) is 5.62. The maximum absolute atomic E-state index is 12.0. The van der Waals surface area contributed by atoms with E-state index >= 15 is 0 Å². The van der Waals surface area contributed by atoms with Gasteiger partial charge in [-0.2, -0.15) is 0 Å². The van der Waals surface area contributed by atoms with E-state index in [0.717, 1.165) is 16.3 Å². The number of thiazole rings is 1. The summed E-state index contributed by atoms with van der Waals surface area (Å²) in [7, 11) is 0. The molecule has 0 aliphatic rings. The lowest BCUT2D eigenvalue weighted by Gasteiger charge is -2.07. The van der Waals surface area contributed by atoms with Crippen LogP contribution < -0.4 is 16.6 Å². The van der Waals surface area contributed by atoms with Crippen molar-refractivity contribution in [1.29, 1.82) is 0 Å². The predicted molar refractivity (Wildman–Crippen MR) is 98.1 cm³/mol. The van der Waals surface area contributed by atoms with Crippen LogP contribution >= 0.6 is 11.3 Å². The molecule has 0 spiro atoms. The summed E-state index contributed by atoms with van der Waals surface area (Å²) in [5.74, 6) is -0.303. The number of H-pyrrole nitrogens is 1. The molecular formula is C17H17N5O3S. The lowest BCUT2D eigenvalue weighted by atomic mass is 10.3. The highest BCUT2D eigenvalue weighted by atomic mass is 32.1. The van der Waals surface area contributed by atoms with E-state index in [0.29, 0.717) is 18.5 Å². The topological polar surface area (TPSA) is 110 Å². The number of nitrogens with one attached hydrogen (secondary N) is 2. The van der Waals surface area contributed by atoms with Crippen LogP contribution in [0.15, 0.2) is 45.7 Å². The first-order chi connectivity index (χ1) is 12.5. The second-order valence-electron chi connectivity index (χ2n) is 5.68. The third-order valence-corrected chi connectivity index (χ3v) is 4.63. The maximum atomic E-state index is 12.0. The molecule has 0 aliphatic heterocycles. The Labute approximate surface area is 152 Å². The quantitative estimate of drug-likeness (QED) is 0.664. The van der Waals surface area contributed by atoms with Crippen LogP contribution in [0.4, 0.5) is 0 Å². The fourth-order valence-electron chi connectivity index (χ4n) is 2.33. The molecule has 0 radical (unpaired) electrons. The Balaban J connectivity index is 1.53. The summed E-state index contributed by atoms with van der Waals surface area (Å²) in [6, 6.07) is 3.79. The molecule has 26 heavy (non-hydrogen) atoms. The Morgan fingerprint density at radius 1 is 1.31 bits per heavy atom. The summed E-state index contributed by atoms with van der Waals surface area (Å²) in [6.07, 6.45) is 5.41. The third kappa shape index (κ3) is 4.31. The number of pyridine rings is 1. The lowest BCUT2D eigenvalue weighted by molar-refractivity contribution is -0.121. The van der Waals surface area contributed by atoms with E-state index in [4.69, 9.17) is 0 Å². The van der Waals surface area contributed by atoms with Gasteiger partial charge in [-0.05, 0) is 19.1 Å². The first-order valence-corrected chi connectivity index (χ1v) is 8.83. The summed E-state index contributed by atoms with van der Waals surface area (Å²) < 4.78 is 1.18. The smallest absolute Gasteiger partial charge is 0.328 e. The third-order valence-electron chi connectivity index (χ3n) is 3.69.